The Morgan fingerprint density at radius 2 is 2.21 bits per heavy atom. The maximum absolute atomic E-state index is 12.5. The van der Waals surface area contributed by atoms with E-state index in [1.54, 1.807) is 23.7 Å². The summed E-state index contributed by atoms with van der Waals surface area (Å²) in [4.78, 5) is 41.4. The monoisotopic (exact) mass is 332 g/mol. The molecule has 2 heterocycles. The molecule has 0 radical (unpaired) electrons. The molecule has 24 heavy (non-hydrogen) atoms. The lowest BCUT2D eigenvalue weighted by Crippen LogP contribution is -2.30. The van der Waals surface area contributed by atoms with Gasteiger partial charge in [-0.3, -0.25) is 14.5 Å². The highest BCUT2D eigenvalue weighted by Crippen LogP contribution is 2.16. The van der Waals surface area contributed by atoms with Gasteiger partial charge in [0.1, 0.15) is 17.0 Å². The summed E-state index contributed by atoms with van der Waals surface area (Å²) in [6, 6.07) is 3.17. The van der Waals surface area contributed by atoms with Crippen molar-refractivity contribution in [1.82, 2.24) is 14.9 Å². The van der Waals surface area contributed by atoms with Crippen LogP contribution in [0.2, 0.25) is 0 Å². The number of hydrogen-bond acceptors (Lipinski definition) is 6. The number of anilines is 1. The molecule has 0 aliphatic heterocycles. The van der Waals surface area contributed by atoms with Crippen molar-refractivity contribution in [3.05, 3.63) is 34.1 Å². The highest BCUT2D eigenvalue weighted by Gasteiger charge is 2.17. The van der Waals surface area contributed by atoms with Crippen LogP contribution in [0, 0.1) is 0 Å². The molecule has 2 aromatic rings. The van der Waals surface area contributed by atoms with E-state index in [1.165, 1.54) is 18.2 Å². The van der Waals surface area contributed by atoms with Crippen molar-refractivity contribution in [2.24, 2.45) is 0 Å². The normalized spacial score (nSPS) is 10.6. The molecule has 0 fully saturated rings. The molecule has 128 valence electrons. The summed E-state index contributed by atoms with van der Waals surface area (Å²) in [7, 11) is 3.02. The molecule has 2 rings (SSSR count). The Kier molecular flexibility index (Phi) is 5.64. The number of methoxy groups -OCH3 is 1. The van der Waals surface area contributed by atoms with E-state index in [4.69, 9.17) is 0 Å². The number of nitrogens with zero attached hydrogens (tertiary/aromatic N) is 3. The number of carbonyl (C=O) groups excluding carboxylic acids is 2. The number of aromatic nitrogens is 2. The third-order valence-electron chi connectivity index (χ3n) is 3.68. The Hall–Kier alpha value is -2.74. The molecule has 0 saturated carbocycles. The first-order valence-electron chi connectivity index (χ1n) is 7.56. The zero-order valence-electron chi connectivity index (χ0n) is 13.9. The summed E-state index contributed by atoms with van der Waals surface area (Å²) in [5, 5.41) is 3.27. The van der Waals surface area contributed by atoms with Crippen LogP contribution in [0.15, 0.2) is 23.1 Å². The SMILES string of the molecule is CCn1cc(C(=O)OC)c(=O)c2ccc(N(C=O)CCNC)nc21. The summed E-state index contributed by atoms with van der Waals surface area (Å²) in [6.45, 7) is 3.45. The molecule has 0 aromatic carbocycles. The standard InChI is InChI=1S/C16H20N4O4/c1-4-19-9-12(16(23)24-3)14(22)11-5-6-13(18-15(11)19)20(10-21)8-7-17-2/h5-6,9-10,17H,4,7-8H2,1-3H3. The van der Waals surface area contributed by atoms with Gasteiger partial charge in [0.25, 0.3) is 0 Å². The van der Waals surface area contributed by atoms with Crippen molar-refractivity contribution >= 4 is 29.2 Å². The van der Waals surface area contributed by atoms with E-state index in [1.807, 2.05) is 6.92 Å². The Morgan fingerprint density at radius 1 is 1.46 bits per heavy atom. The maximum atomic E-state index is 12.5. The molecule has 0 saturated heterocycles. The second-order valence-corrected chi connectivity index (χ2v) is 5.09. The number of amides is 1. The smallest absolute Gasteiger partial charge is 0.343 e. The fourth-order valence-corrected chi connectivity index (χ4v) is 2.37. The second-order valence-electron chi connectivity index (χ2n) is 5.09. The van der Waals surface area contributed by atoms with Gasteiger partial charge in [-0.15, -0.1) is 0 Å². The molecule has 1 N–H and O–H groups in total. The van der Waals surface area contributed by atoms with Gasteiger partial charge in [0.05, 0.1) is 12.5 Å². The van der Waals surface area contributed by atoms with Gasteiger partial charge < -0.3 is 14.6 Å². The van der Waals surface area contributed by atoms with Gasteiger partial charge >= 0.3 is 5.97 Å². The Morgan fingerprint density at radius 3 is 2.79 bits per heavy atom. The Balaban J connectivity index is 2.62. The first-order chi connectivity index (χ1) is 11.6. The maximum Gasteiger partial charge on any atom is 0.343 e. The van der Waals surface area contributed by atoms with Crippen molar-refractivity contribution < 1.29 is 14.3 Å². The van der Waals surface area contributed by atoms with E-state index in [9.17, 15) is 14.4 Å². The van der Waals surface area contributed by atoms with Crippen LogP contribution in [0.5, 0.6) is 0 Å². The topological polar surface area (TPSA) is 93.5 Å². The Bertz CT molecular complexity index is 816. The molecular formula is C16H20N4O4. The van der Waals surface area contributed by atoms with E-state index in [0.29, 0.717) is 42.9 Å². The number of hydrogen-bond donors (Lipinski definition) is 1. The average molecular weight is 332 g/mol. The number of pyridine rings is 2. The minimum atomic E-state index is -0.684. The van der Waals surface area contributed by atoms with Gasteiger partial charge in [-0.1, -0.05) is 0 Å². The second kappa shape index (κ2) is 7.69. The lowest BCUT2D eigenvalue weighted by Gasteiger charge is -2.17. The van der Waals surface area contributed by atoms with E-state index in [0.717, 1.165) is 0 Å². The predicted octanol–water partition coefficient (Wildman–Crippen LogP) is 0.385. The number of nitrogens with one attached hydrogen (secondary N) is 1. The van der Waals surface area contributed by atoms with Gasteiger partial charge in [0.2, 0.25) is 11.8 Å². The molecule has 0 bridgehead atoms. The van der Waals surface area contributed by atoms with Crippen LogP contribution < -0.4 is 15.6 Å². The average Bonchev–Trinajstić information content (AvgIpc) is 2.62. The summed E-state index contributed by atoms with van der Waals surface area (Å²) < 4.78 is 6.34. The number of fused-ring (bicyclic) bond motifs is 1. The van der Waals surface area contributed by atoms with Crippen molar-refractivity contribution in [3.8, 4) is 0 Å². The molecule has 0 atom stereocenters. The van der Waals surface area contributed by atoms with Gasteiger partial charge in [0, 0.05) is 25.8 Å². The van der Waals surface area contributed by atoms with Crippen LogP contribution in [0.25, 0.3) is 11.0 Å². The molecule has 1 amide bonds. The van der Waals surface area contributed by atoms with E-state index < -0.39 is 11.4 Å². The molecule has 8 nitrogen and oxygen atoms in total. The molecule has 0 spiro atoms. The fourth-order valence-electron chi connectivity index (χ4n) is 2.37. The van der Waals surface area contributed by atoms with Crippen LogP contribution in [0.1, 0.15) is 17.3 Å². The quantitative estimate of drug-likeness (QED) is 0.582. The number of esters is 1. The van der Waals surface area contributed by atoms with Crippen LogP contribution in [0.4, 0.5) is 5.82 Å². The predicted molar refractivity (Wildman–Crippen MR) is 90.4 cm³/mol. The summed E-state index contributed by atoms with van der Waals surface area (Å²) >= 11 is 0. The first-order valence-corrected chi connectivity index (χ1v) is 7.56. The molecule has 2 aromatic heterocycles. The minimum Gasteiger partial charge on any atom is -0.465 e. The number of ether oxygens (including phenoxy) is 1. The third-order valence-corrected chi connectivity index (χ3v) is 3.68. The van der Waals surface area contributed by atoms with E-state index >= 15 is 0 Å². The third kappa shape index (κ3) is 3.28. The van der Waals surface area contributed by atoms with Crippen LogP contribution >= 0.6 is 0 Å². The summed E-state index contributed by atoms with van der Waals surface area (Å²) in [6.07, 6.45) is 2.13. The lowest BCUT2D eigenvalue weighted by molar-refractivity contribution is -0.107. The summed E-state index contributed by atoms with van der Waals surface area (Å²) in [5.41, 5.74) is -0.0544. The molecule has 0 unspecified atom stereocenters. The number of carbonyl (C=O) groups is 2. The van der Waals surface area contributed by atoms with Gasteiger partial charge in [-0.2, -0.15) is 0 Å². The van der Waals surface area contributed by atoms with Crippen molar-refractivity contribution in [3.63, 3.8) is 0 Å². The van der Waals surface area contributed by atoms with E-state index in [2.05, 4.69) is 15.0 Å². The first kappa shape index (κ1) is 17.6. The number of aryl methyl sites for hydroxylation is 1. The van der Waals surface area contributed by atoms with Crippen LogP contribution in [-0.2, 0) is 16.1 Å². The highest BCUT2D eigenvalue weighted by atomic mass is 16.5. The largest absolute Gasteiger partial charge is 0.465 e. The van der Waals surface area contributed by atoms with Crippen LogP contribution in [-0.4, -0.2) is 49.2 Å². The van der Waals surface area contributed by atoms with Crippen molar-refractivity contribution in [2.45, 2.75) is 13.5 Å². The summed E-state index contributed by atoms with van der Waals surface area (Å²) in [5.74, 6) is -0.239. The highest BCUT2D eigenvalue weighted by molar-refractivity contribution is 5.93. The van der Waals surface area contributed by atoms with Crippen LogP contribution in [0.3, 0.4) is 0 Å². The van der Waals surface area contributed by atoms with Crippen molar-refractivity contribution in [1.29, 1.82) is 0 Å². The fraction of sp³-hybridized carbons (Fsp3) is 0.375. The zero-order valence-corrected chi connectivity index (χ0v) is 13.9. The van der Waals surface area contributed by atoms with E-state index in [-0.39, 0.29) is 5.56 Å². The van der Waals surface area contributed by atoms with Gasteiger partial charge in [-0.05, 0) is 26.1 Å². The number of rotatable bonds is 7. The van der Waals surface area contributed by atoms with Crippen molar-refractivity contribution in [2.75, 3.05) is 32.1 Å². The van der Waals surface area contributed by atoms with Gasteiger partial charge in [0.15, 0.2) is 0 Å². The molecule has 0 aliphatic rings. The minimum absolute atomic E-state index is 0.0381. The lowest BCUT2D eigenvalue weighted by atomic mass is 10.2. The molecule has 8 heteroatoms. The Labute approximate surface area is 139 Å². The zero-order chi connectivity index (χ0) is 17.7. The molecular weight excluding hydrogens is 312 g/mol. The van der Waals surface area contributed by atoms with Gasteiger partial charge in [-0.25, -0.2) is 9.78 Å². The number of likely N-dealkylation sites (N-methyl/N-ethyl adjacent to an activating group) is 1. The molecule has 0 aliphatic carbocycles.